The Morgan fingerprint density at radius 3 is 2.69 bits per heavy atom. The van der Waals surface area contributed by atoms with Gasteiger partial charge in [0.2, 0.25) is 0 Å². The summed E-state index contributed by atoms with van der Waals surface area (Å²) in [6.07, 6.45) is 3.79. The van der Waals surface area contributed by atoms with Crippen LogP contribution in [0.5, 0.6) is 5.75 Å². The lowest BCUT2D eigenvalue weighted by molar-refractivity contribution is 0.0254. The minimum atomic E-state index is -1.22. The number of ether oxygens (including phenoxy) is 2. The molecule has 5 rings (SSSR count). The molecule has 2 atom stereocenters. The predicted octanol–water partition coefficient (Wildman–Crippen LogP) is 4.09. The number of hydrogen-bond acceptors (Lipinski definition) is 6. The first-order chi connectivity index (χ1) is 17.2. The van der Waals surface area contributed by atoms with E-state index >= 15 is 0 Å². The molecule has 8 nitrogen and oxygen atoms in total. The van der Waals surface area contributed by atoms with Gasteiger partial charge in [0.15, 0.2) is 5.43 Å². The summed E-state index contributed by atoms with van der Waals surface area (Å²) in [6.45, 7) is 8.51. The van der Waals surface area contributed by atoms with Gasteiger partial charge in [-0.15, -0.1) is 0 Å². The number of carbonyl (C=O) groups is 1. The van der Waals surface area contributed by atoms with Gasteiger partial charge in [-0.3, -0.25) is 9.78 Å². The molecular weight excluding hydrogens is 458 g/mol. The van der Waals surface area contributed by atoms with Crippen LogP contribution in [-0.2, 0) is 11.2 Å². The summed E-state index contributed by atoms with van der Waals surface area (Å²) in [7, 11) is 1.63. The third kappa shape index (κ3) is 4.20. The zero-order valence-corrected chi connectivity index (χ0v) is 21.0. The molecular formula is C28H31N3O5. The number of rotatable bonds is 4. The lowest BCUT2D eigenvalue weighted by atomic mass is 9.78. The molecule has 0 spiro atoms. The lowest BCUT2D eigenvalue weighted by Gasteiger charge is -2.39. The van der Waals surface area contributed by atoms with Crippen molar-refractivity contribution in [2.24, 2.45) is 5.41 Å². The summed E-state index contributed by atoms with van der Waals surface area (Å²) < 4.78 is 13.8. The van der Waals surface area contributed by atoms with Crippen molar-refractivity contribution in [2.45, 2.75) is 39.3 Å². The van der Waals surface area contributed by atoms with Crippen LogP contribution in [0.4, 0.5) is 0 Å². The van der Waals surface area contributed by atoms with E-state index in [1.54, 1.807) is 13.3 Å². The van der Waals surface area contributed by atoms with Crippen molar-refractivity contribution < 1.29 is 19.4 Å². The zero-order chi connectivity index (χ0) is 25.6. The SMILES string of the molecule is COc1cc2c(cc1-c1cccnc1C1CNCCO1)CC(C(C)(C)C)n1cc(C(=O)O)c(=O)cc1-2. The number of hydrogen-bond donors (Lipinski definition) is 2. The Bertz CT molecular complexity index is 1380. The number of nitrogens with zero attached hydrogens (tertiary/aromatic N) is 2. The number of aromatic carboxylic acids is 1. The number of aromatic nitrogens is 2. The number of carboxylic acid groups (broad SMARTS) is 1. The first-order valence-electron chi connectivity index (χ1n) is 12.2. The van der Waals surface area contributed by atoms with Crippen molar-refractivity contribution in [1.82, 2.24) is 14.9 Å². The number of nitrogens with one attached hydrogen (secondary N) is 1. The molecule has 0 radical (unpaired) electrons. The quantitative estimate of drug-likeness (QED) is 0.569. The van der Waals surface area contributed by atoms with Gasteiger partial charge in [-0.1, -0.05) is 26.8 Å². The van der Waals surface area contributed by atoms with Gasteiger partial charge in [0.1, 0.15) is 17.4 Å². The molecule has 3 aromatic rings. The highest BCUT2D eigenvalue weighted by Crippen LogP contribution is 2.46. The molecule has 2 aliphatic heterocycles. The number of fused-ring (bicyclic) bond motifs is 3. The molecule has 1 saturated heterocycles. The van der Waals surface area contributed by atoms with Crippen LogP contribution < -0.4 is 15.5 Å². The normalized spacial score (nSPS) is 19.3. The molecule has 36 heavy (non-hydrogen) atoms. The second-order valence-electron chi connectivity index (χ2n) is 10.4. The topological polar surface area (TPSA) is 103 Å². The highest BCUT2D eigenvalue weighted by Gasteiger charge is 2.34. The van der Waals surface area contributed by atoms with Crippen LogP contribution in [-0.4, -0.2) is 47.4 Å². The van der Waals surface area contributed by atoms with E-state index < -0.39 is 11.4 Å². The van der Waals surface area contributed by atoms with Crippen molar-refractivity contribution in [1.29, 1.82) is 0 Å². The molecule has 4 heterocycles. The van der Waals surface area contributed by atoms with Crippen molar-refractivity contribution in [3.63, 3.8) is 0 Å². The average molecular weight is 490 g/mol. The molecule has 1 aromatic carbocycles. The minimum absolute atomic E-state index is 0.0424. The van der Waals surface area contributed by atoms with E-state index in [4.69, 9.17) is 9.47 Å². The Balaban J connectivity index is 1.72. The number of pyridine rings is 2. The van der Waals surface area contributed by atoms with Gasteiger partial charge in [0.25, 0.3) is 0 Å². The van der Waals surface area contributed by atoms with Crippen LogP contribution in [0.3, 0.4) is 0 Å². The van der Waals surface area contributed by atoms with E-state index in [0.29, 0.717) is 31.0 Å². The Labute approximate surface area is 209 Å². The van der Waals surface area contributed by atoms with E-state index in [-0.39, 0.29) is 23.1 Å². The number of benzene rings is 1. The molecule has 0 aliphatic carbocycles. The average Bonchev–Trinajstić information content (AvgIpc) is 2.87. The van der Waals surface area contributed by atoms with E-state index in [1.165, 1.54) is 12.3 Å². The number of morpholine rings is 1. The molecule has 0 bridgehead atoms. The molecule has 0 amide bonds. The molecule has 2 unspecified atom stereocenters. The summed E-state index contributed by atoms with van der Waals surface area (Å²) in [6, 6.07) is 9.42. The monoisotopic (exact) mass is 489 g/mol. The maximum absolute atomic E-state index is 12.7. The number of methoxy groups -OCH3 is 1. The van der Waals surface area contributed by atoms with Crippen LogP contribution in [0.1, 0.15) is 54.5 Å². The lowest BCUT2D eigenvalue weighted by Crippen LogP contribution is -2.34. The van der Waals surface area contributed by atoms with Crippen LogP contribution in [0, 0.1) is 5.41 Å². The van der Waals surface area contributed by atoms with Crippen molar-refractivity contribution in [2.75, 3.05) is 26.8 Å². The Hall–Kier alpha value is -3.49. The standard InChI is InChI=1S/C28H31N3O5/c1-28(2,3)25-11-16-10-19(17-6-5-7-30-26(17)24-14-29-8-9-36-24)23(35-4)12-18(16)21-13-22(32)20(27(33)34)15-31(21)25/h5-7,10,12-13,15,24-25,29H,8-9,11,14H2,1-4H3,(H,33,34). The van der Waals surface area contributed by atoms with Crippen molar-refractivity contribution >= 4 is 5.97 Å². The fourth-order valence-electron chi connectivity index (χ4n) is 5.27. The van der Waals surface area contributed by atoms with E-state index in [2.05, 4.69) is 37.1 Å². The third-order valence-corrected chi connectivity index (χ3v) is 7.12. The molecule has 188 valence electrons. The zero-order valence-electron chi connectivity index (χ0n) is 21.0. The molecule has 2 N–H and O–H groups in total. The second-order valence-corrected chi connectivity index (χ2v) is 10.4. The van der Waals surface area contributed by atoms with Crippen LogP contribution in [0.25, 0.3) is 22.4 Å². The van der Waals surface area contributed by atoms with Gasteiger partial charge in [-0.25, -0.2) is 4.79 Å². The van der Waals surface area contributed by atoms with Crippen LogP contribution >= 0.6 is 0 Å². The Kier molecular flexibility index (Phi) is 6.18. The Morgan fingerprint density at radius 2 is 2.03 bits per heavy atom. The fraction of sp³-hybridized carbons (Fsp3) is 0.393. The van der Waals surface area contributed by atoms with Gasteiger partial charge in [0.05, 0.1) is 25.1 Å². The molecule has 8 heteroatoms. The van der Waals surface area contributed by atoms with Crippen LogP contribution in [0.15, 0.2) is 47.5 Å². The maximum atomic E-state index is 12.7. The number of carboxylic acids is 1. The first kappa shape index (κ1) is 24.2. The third-order valence-electron chi connectivity index (χ3n) is 7.12. The summed E-state index contributed by atoms with van der Waals surface area (Å²) in [5, 5.41) is 12.9. The van der Waals surface area contributed by atoms with Crippen LogP contribution in [0.2, 0.25) is 0 Å². The van der Waals surface area contributed by atoms with Gasteiger partial charge in [-0.05, 0) is 35.6 Å². The van der Waals surface area contributed by atoms with Gasteiger partial charge in [-0.2, -0.15) is 0 Å². The summed E-state index contributed by atoms with van der Waals surface area (Å²) in [4.78, 5) is 29.1. The summed E-state index contributed by atoms with van der Waals surface area (Å²) >= 11 is 0. The molecule has 2 aromatic heterocycles. The largest absolute Gasteiger partial charge is 0.496 e. The predicted molar refractivity (Wildman–Crippen MR) is 137 cm³/mol. The van der Waals surface area contributed by atoms with Gasteiger partial charge in [0, 0.05) is 54.3 Å². The summed E-state index contributed by atoms with van der Waals surface area (Å²) in [5.74, 6) is -0.562. The maximum Gasteiger partial charge on any atom is 0.341 e. The second kappa shape index (κ2) is 9.19. The first-order valence-corrected chi connectivity index (χ1v) is 12.2. The van der Waals surface area contributed by atoms with Gasteiger partial charge >= 0.3 is 5.97 Å². The minimum Gasteiger partial charge on any atom is -0.496 e. The molecule has 1 fully saturated rings. The highest BCUT2D eigenvalue weighted by atomic mass is 16.5. The fourth-order valence-corrected chi connectivity index (χ4v) is 5.27. The summed E-state index contributed by atoms with van der Waals surface area (Å²) in [5.41, 5.74) is 4.45. The molecule has 0 saturated carbocycles. The Morgan fingerprint density at radius 1 is 1.22 bits per heavy atom. The van der Waals surface area contributed by atoms with Gasteiger partial charge < -0.3 is 24.5 Å². The van der Waals surface area contributed by atoms with E-state index in [1.807, 2.05) is 22.8 Å². The van der Waals surface area contributed by atoms with E-state index in [9.17, 15) is 14.7 Å². The van der Waals surface area contributed by atoms with Crippen molar-refractivity contribution in [3.8, 4) is 28.1 Å². The highest BCUT2D eigenvalue weighted by molar-refractivity contribution is 5.88. The van der Waals surface area contributed by atoms with E-state index in [0.717, 1.165) is 34.5 Å². The van der Waals surface area contributed by atoms with Crippen molar-refractivity contribution in [3.05, 3.63) is 69.8 Å². The molecule has 2 aliphatic rings. The smallest absolute Gasteiger partial charge is 0.341 e.